The van der Waals surface area contributed by atoms with Gasteiger partial charge >= 0.3 is 0 Å². The van der Waals surface area contributed by atoms with E-state index in [0.717, 1.165) is 0 Å². The fourth-order valence-electron chi connectivity index (χ4n) is 2.19. The summed E-state index contributed by atoms with van der Waals surface area (Å²) in [6, 6.07) is 15.3. The lowest BCUT2D eigenvalue weighted by Crippen LogP contribution is -2.10. The van der Waals surface area contributed by atoms with Gasteiger partial charge in [0.1, 0.15) is 23.9 Å². The van der Waals surface area contributed by atoms with E-state index in [0.29, 0.717) is 33.0 Å². The van der Waals surface area contributed by atoms with Crippen molar-refractivity contribution >= 4 is 34.8 Å². The zero-order chi connectivity index (χ0) is 18.5. The molecule has 1 amide bonds. The maximum Gasteiger partial charge on any atom is 0.291 e. The molecule has 0 unspecified atom stereocenters. The predicted molar refractivity (Wildman–Crippen MR) is 100 cm³/mol. The van der Waals surface area contributed by atoms with Crippen molar-refractivity contribution in [3.63, 3.8) is 0 Å². The molecule has 1 heterocycles. The third-order valence-electron chi connectivity index (χ3n) is 3.49. The molecule has 0 aliphatic rings. The largest absolute Gasteiger partial charge is 0.497 e. The fraction of sp³-hybridized carbons (Fsp3) is 0.105. The maximum absolute atomic E-state index is 12.2. The minimum Gasteiger partial charge on any atom is -0.497 e. The number of anilines is 1. The number of halogens is 2. The molecule has 0 atom stereocenters. The first-order valence-corrected chi connectivity index (χ1v) is 8.43. The zero-order valence-corrected chi connectivity index (χ0v) is 15.3. The van der Waals surface area contributed by atoms with Crippen LogP contribution < -0.4 is 14.8 Å². The number of amides is 1. The van der Waals surface area contributed by atoms with Crippen LogP contribution in [0.25, 0.3) is 0 Å². The Hall–Kier alpha value is -2.63. The molecule has 0 aliphatic heterocycles. The second-order valence-corrected chi connectivity index (χ2v) is 6.13. The standard InChI is InChI=1S/C19H15Cl2NO4/c1-24-13-3-2-4-14(10-13)25-11-15-6-8-18(26-15)19(23)22-12-5-7-16(20)17(21)9-12/h2-10H,11H2,1H3,(H,22,23). The van der Waals surface area contributed by atoms with Gasteiger partial charge in [-0.2, -0.15) is 0 Å². The summed E-state index contributed by atoms with van der Waals surface area (Å²) in [5, 5.41) is 3.47. The Morgan fingerprint density at radius 3 is 2.62 bits per heavy atom. The van der Waals surface area contributed by atoms with Crippen LogP contribution in [-0.4, -0.2) is 13.0 Å². The third-order valence-corrected chi connectivity index (χ3v) is 4.22. The molecule has 0 bridgehead atoms. The minimum atomic E-state index is -0.393. The van der Waals surface area contributed by atoms with Crippen molar-refractivity contribution in [2.75, 3.05) is 12.4 Å². The summed E-state index contributed by atoms with van der Waals surface area (Å²) in [7, 11) is 1.59. The highest BCUT2D eigenvalue weighted by atomic mass is 35.5. The molecule has 0 saturated heterocycles. The lowest BCUT2D eigenvalue weighted by Gasteiger charge is -2.06. The van der Waals surface area contributed by atoms with Crippen molar-refractivity contribution in [1.82, 2.24) is 0 Å². The third kappa shape index (κ3) is 4.50. The summed E-state index contributed by atoms with van der Waals surface area (Å²) in [6.45, 7) is 0.188. The fourth-order valence-corrected chi connectivity index (χ4v) is 2.49. The van der Waals surface area contributed by atoms with Gasteiger partial charge in [-0.3, -0.25) is 4.79 Å². The first kappa shape index (κ1) is 18.2. The van der Waals surface area contributed by atoms with Crippen LogP contribution in [0.3, 0.4) is 0 Å². The van der Waals surface area contributed by atoms with Crippen LogP contribution in [0, 0.1) is 0 Å². The Morgan fingerprint density at radius 2 is 1.85 bits per heavy atom. The number of ether oxygens (including phenoxy) is 2. The molecule has 3 rings (SSSR count). The smallest absolute Gasteiger partial charge is 0.291 e. The van der Waals surface area contributed by atoms with Crippen LogP contribution in [0.4, 0.5) is 5.69 Å². The van der Waals surface area contributed by atoms with Gasteiger partial charge in [0.05, 0.1) is 17.2 Å². The molecule has 134 valence electrons. The number of nitrogens with one attached hydrogen (secondary N) is 1. The van der Waals surface area contributed by atoms with Crippen molar-refractivity contribution in [1.29, 1.82) is 0 Å². The summed E-state index contributed by atoms with van der Waals surface area (Å²) < 4.78 is 16.3. The summed E-state index contributed by atoms with van der Waals surface area (Å²) in [5.74, 6) is 1.63. The number of methoxy groups -OCH3 is 1. The average molecular weight is 392 g/mol. The van der Waals surface area contributed by atoms with Crippen LogP contribution in [0.1, 0.15) is 16.3 Å². The van der Waals surface area contributed by atoms with Gasteiger partial charge in [-0.1, -0.05) is 29.3 Å². The quantitative estimate of drug-likeness (QED) is 0.608. The van der Waals surface area contributed by atoms with Gasteiger partial charge in [-0.05, 0) is 42.5 Å². The Bertz CT molecular complexity index is 923. The highest BCUT2D eigenvalue weighted by molar-refractivity contribution is 6.42. The van der Waals surface area contributed by atoms with Crippen molar-refractivity contribution in [2.24, 2.45) is 0 Å². The van der Waals surface area contributed by atoms with E-state index < -0.39 is 5.91 Å². The van der Waals surface area contributed by atoms with Gasteiger partial charge in [-0.25, -0.2) is 0 Å². The summed E-state index contributed by atoms with van der Waals surface area (Å²) in [6.07, 6.45) is 0. The highest BCUT2D eigenvalue weighted by Gasteiger charge is 2.13. The van der Waals surface area contributed by atoms with Crippen LogP contribution in [0.2, 0.25) is 10.0 Å². The number of carbonyl (C=O) groups is 1. The van der Waals surface area contributed by atoms with Crippen molar-refractivity contribution in [3.8, 4) is 11.5 Å². The Labute approximate surface area is 160 Å². The molecular formula is C19H15Cl2NO4. The van der Waals surface area contributed by atoms with Crippen LogP contribution >= 0.6 is 23.2 Å². The molecule has 0 saturated carbocycles. The number of hydrogen-bond donors (Lipinski definition) is 1. The first-order valence-electron chi connectivity index (χ1n) is 7.67. The molecule has 0 spiro atoms. The van der Waals surface area contributed by atoms with E-state index in [-0.39, 0.29) is 12.4 Å². The lowest BCUT2D eigenvalue weighted by atomic mass is 10.3. The normalized spacial score (nSPS) is 10.4. The predicted octanol–water partition coefficient (Wildman–Crippen LogP) is 5.43. The monoisotopic (exact) mass is 391 g/mol. The minimum absolute atomic E-state index is 0.167. The number of carbonyl (C=O) groups excluding carboxylic acids is 1. The number of hydrogen-bond acceptors (Lipinski definition) is 4. The van der Waals surface area contributed by atoms with Gasteiger partial charge < -0.3 is 19.2 Å². The van der Waals surface area contributed by atoms with E-state index in [1.165, 1.54) is 0 Å². The Balaban J connectivity index is 1.61. The number of benzene rings is 2. The van der Waals surface area contributed by atoms with Crippen LogP contribution in [-0.2, 0) is 6.61 Å². The van der Waals surface area contributed by atoms with E-state index in [4.69, 9.17) is 37.1 Å². The average Bonchev–Trinajstić information content (AvgIpc) is 3.12. The zero-order valence-electron chi connectivity index (χ0n) is 13.8. The van der Waals surface area contributed by atoms with Gasteiger partial charge in [0, 0.05) is 11.8 Å². The van der Waals surface area contributed by atoms with E-state index in [2.05, 4.69) is 5.32 Å². The molecule has 0 radical (unpaired) electrons. The van der Waals surface area contributed by atoms with E-state index in [1.54, 1.807) is 43.5 Å². The number of furan rings is 1. The second kappa shape index (κ2) is 8.17. The molecule has 0 aliphatic carbocycles. The SMILES string of the molecule is COc1cccc(OCc2ccc(C(=O)Nc3ccc(Cl)c(Cl)c3)o2)c1. The van der Waals surface area contributed by atoms with Gasteiger partial charge in [0.15, 0.2) is 5.76 Å². The van der Waals surface area contributed by atoms with Crippen molar-refractivity contribution < 1.29 is 18.7 Å². The van der Waals surface area contributed by atoms with Gasteiger partial charge in [0.2, 0.25) is 0 Å². The van der Waals surface area contributed by atoms with Gasteiger partial charge in [0.25, 0.3) is 5.91 Å². The molecule has 1 N–H and O–H groups in total. The first-order chi connectivity index (χ1) is 12.5. The second-order valence-electron chi connectivity index (χ2n) is 5.32. The van der Waals surface area contributed by atoms with Crippen molar-refractivity contribution in [3.05, 3.63) is 76.2 Å². The van der Waals surface area contributed by atoms with E-state index in [9.17, 15) is 4.79 Å². The van der Waals surface area contributed by atoms with E-state index in [1.807, 2.05) is 18.2 Å². The Morgan fingerprint density at radius 1 is 1.04 bits per heavy atom. The molecule has 5 nitrogen and oxygen atoms in total. The molecule has 26 heavy (non-hydrogen) atoms. The molecular weight excluding hydrogens is 377 g/mol. The van der Waals surface area contributed by atoms with Gasteiger partial charge in [-0.15, -0.1) is 0 Å². The van der Waals surface area contributed by atoms with Crippen LogP contribution in [0.15, 0.2) is 59.0 Å². The molecule has 3 aromatic rings. The lowest BCUT2D eigenvalue weighted by molar-refractivity contribution is 0.0992. The topological polar surface area (TPSA) is 60.7 Å². The number of rotatable bonds is 6. The van der Waals surface area contributed by atoms with Crippen molar-refractivity contribution in [2.45, 2.75) is 6.61 Å². The Kier molecular flexibility index (Phi) is 5.71. The maximum atomic E-state index is 12.2. The summed E-state index contributed by atoms with van der Waals surface area (Å²) in [5.41, 5.74) is 0.523. The molecule has 7 heteroatoms. The molecule has 2 aromatic carbocycles. The van der Waals surface area contributed by atoms with E-state index >= 15 is 0 Å². The summed E-state index contributed by atoms with van der Waals surface area (Å²) in [4.78, 5) is 12.2. The summed E-state index contributed by atoms with van der Waals surface area (Å²) >= 11 is 11.8. The molecule has 0 fully saturated rings. The van der Waals surface area contributed by atoms with Crippen LogP contribution in [0.5, 0.6) is 11.5 Å². The molecule has 1 aromatic heterocycles. The highest BCUT2D eigenvalue weighted by Crippen LogP contribution is 2.25.